The van der Waals surface area contributed by atoms with Gasteiger partial charge in [0.15, 0.2) is 12.7 Å². The highest BCUT2D eigenvalue weighted by Gasteiger charge is 2.18. The molecule has 0 fully saturated rings. The SMILES string of the molecule is CCCCc1ccc(NC(=O)COC(=O)[C@@H](C)Oc2ccc(C#N)cc2)cc1. The molecule has 28 heavy (non-hydrogen) atoms. The van der Waals surface area contributed by atoms with Gasteiger partial charge in [-0.05, 0) is 61.7 Å². The van der Waals surface area contributed by atoms with E-state index in [9.17, 15) is 9.59 Å². The van der Waals surface area contributed by atoms with Crippen molar-refractivity contribution in [2.45, 2.75) is 39.2 Å². The molecule has 0 aliphatic heterocycles. The van der Waals surface area contributed by atoms with Crippen LogP contribution >= 0.6 is 0 Å². The van der Waals surface area contributed by atoms with Crippen molar-refractivity contribution in [1.82, 2.24) is 0 Å². The molecule has 0 saturated carbocycles. The smallest absolute Gasteiger partial charge is 0.347 e. The van der Waals surface area contributed by atoms with Gasteiger partial charge in [-0.15, -0.1) is 0 Å². The van der Waals surface area contributed by atoms with Crippen molar-refractivity contribution in [2.24, 2.45) is 0 Å². The molecule has 1 atom stereocenters. The van der Waals surface area contributed by atoms with Crippen LogP contribution in [0.5, 0.6) is 5.75 Å². The summed E-state index contributed by atoms with van der Waals surface area (Å²) in [5.74, 6) is -0.620. The maximum Gasteiger partial charge on any atom is 0.347 e. The fraction of sp³-hybridized carbons (Fsp3) is 0.318. The Hall–Kier alpha value is -3.33. The minimum Gasteiger partial charge on any atom is -0.479 e. The van der Waals surface area contributed by atoms with Crippen molar-refractivity contribution < 1.29 is 19.1 Å². The van der Waals surface area contributed by atoms with E-state index < -0.39 is 24.6 Å². The third-order valence-corrected chi connectivity index (χ3v) is 4.03. The summed E-state index contributed by atoms with van der Waals surface area (Å²) >= 11 is 0. The van der Waals surface area contributed by atoms with Crippen LogP contribution < -0.4 is 10.1 Å². The average Bonchev–Trinajstić information content (AvgIpc) is 2.72. The Balaban J connectivity index is 1.76. The van der Waals surface area contributed by atoms with Gasteiger partial charge in [-0.3, -0.25) is 4.79 Å². The van der Waals surface area contributed by atoms with Gasteiger partial charge < -0.3 is 14.8 Å². The van der Waals surface area contributed by atoms with E-state index in [2.05, 4.69) is 12.2 Å². The van der Waals surface area contributed by atoms with Crippen LogP contribution in [-0.4, -0.2) is 24.6 Å². The van der Waals surface area contributed by atoms with E-state index in [-0.39, 0.29) is 0 Å². The lowest BCUT2D eigenvalue weighted by Crippen LogP contribution is -2.29. The number of aryl methyl sites for hydroxylation is 1. The summed E-state index contributed by atoms with van der Waals surface area (Å²) in [5, 5.41) is 11.5. The fourth-order valence-electron chi connectivity index (χ4n) is 2.45. The van der Waals surface area contributed by atoms with E-state index in [1.165, 1.54) is 12.5 Å². The molecule has 0 aliphatic carbocycles. The average molecular weight is 380 g/mol. The fourth-order valence-corrected chi connectivity index (χ4v) is 2.45. The number of nitrogens with zero attached hydrogens (tertiary/aromatic N) is 1. The first-order chi connectivity index (χ1) is 13.5. The van der Waals surface area contributed by atoms with Crippen LogP contribution in [0.4, 0.5) is 5.69 Å². The number of nitrogens with one attached hydrogen (secondary N) is 1. The molecular formula is C22H24N2O4. The summed E-state index contributed by atoms with van der Waals surface area (Å²) in [6.45, 7) is 3.29. The highest BCUT2D eigenvalue weighted by Crippen LogP contribution is 2.14. The first-order valence-corrected chi connectivity index (χ1v) is 9.24. The Morgan fingerprint density at radius 2 is 1.79 bits per heavy atom. The van der Waals surface area contributed by atoms with Crippen LogP contribution in [0.15, 0.2) is 48.5 Å². The molecule has 2 aromatic carbocycles. The van der Waals surface area contributed by atoms with Gasteiger partial charge in [-0.1, -0.05) is 25.5 Å². The van der Waals surface area contributed by atoms with E-state index in [0.717, 1.165) is 19.3 Å². The second-order valence-electron chi connectivity index (χ2n) is 6.35. The van der Waals surface area contributed by atoms with Gasteiger partial charge in [0.05, 0.1) is 11.6 Å². The predicted molar refractivity (Wildman–Crippen MR) is 106 cm³/mol. The van der Waals surface area contributed by atoms with E-state index in [1.807, 2.05) is 30.3 Å². The standard InChI is InChI=1S/C22H24N2O4/c1-3-4-5-17-6-10-19(11-7-17)24-21(25)15-27-22(26)16(2)28-20-12-8-18(14-23)9-13-20/h6-13,16H,3-5,15H2,1-2H3,(H,24,25)/t16-/m1/s1. The zero-order valence-corrected chi connectivity index (χ0v) is 16.1. The Labute approximate surface area is 165 Å². The van der Waals surface area contributed by atoms with Crippen LogP contribution in [0.25, 0.3) is 0 Å². The molecule has 0 unspecified atom stereocenters. The Kier molecular flexibility index (Phi) is 8.04. The van der Waals surface area contributed by atoms with Gasteiger partial charge in [-0.25, -0.2) is 4.79 Å². The molecule has 0 spiro atoms. The quantitative estimate of drug-likeness (QED) is 0.668. The van der Waals surface area contributed by atoms with Crippen molar-refractivity contribution in [2.75, 3.05) is 11.9 Å². The van der Waals surface area contributed by atoms with Crippen LogP contribution in [-0.2, 0) is 20.7 Å². The van der Waals surface area contributed by atoms with Crippen molar-refractivity contribution in [3.05, 3.63) is 59.7 Å². The Bertz CT molecular complexity index is 823. The highest BCUT2D eigenvalue weighted by molar-refractivity contribution is 5.93. The molecule has 146 valence electrons. The molecule has 0 radical (unpaired) electrons. The molecule has 1 N–H and O–H groups in total. The number of hydrogen-bond acceptors (Lipinski definition) is 5. The van der Waals surface area contributed by atoms with E-state index >= 15 is 0 Å². The number of anilines is 1. The normalized spacial score (nSPS) is 11.2. The zero-order valence-electron chi connectivity index (χ0n) is 16.1. The number of hydrogen-bond donors (Lipinski definition) is 1. The molecule has 0 saturated heterocycles. The van der Waals surface area contributed by atoms with E-state index in [1.54, 1.807) is 24.3 Å². The second kappa shape index (κ2) is 10.7. The number of benzene rings is 2. The Morgan fingerprint density at radius 1 is 1.11 bits per heavy atom. The molecule has 2 aromatic rings. The van der Waals surface area contributed by atoms with Crippen LogP contribution in [0, 0.1) is 11.3 Å². The zero-order chi connectivity index (χ0) is 20.4. The highest BCUT2D eigenvalue weighted by atomic mass is 16.6. The molecule has 0 aromatic heterocycles. The van der Waals surface area contributed by atoms with Crippen molar-refractivity contribution >= 4 is 17.6 Å². The topological polar surface area (TPSA) is 88.4 Å². The molecule has 1 amide bonds. The van der Waals surface area contributed by atoms with Crippen molar-refractivity contribution in [1.29, 1.82) is 5.26 Å². The van der Waals surface area contributed by atoms with E-state index in [0.29, 0.717) is 17.0 Å². The van der Waals surface area contributed by atoms with Gasteiger partial charge in [0.2, 0.25) is 0 Å². The number of nitriles is 1. The number of esters is 1. The van der Waals surface area contributed by atoms with Crippen molar-refractivity contribution in [3.8, 4) is 11.8 Å². The summed E-state index contributed by atoms with van der Waals surface area (Å²) < 4.78 is 10.5. The number of carbonyl (C=O) groups excluding carboxylic acids is 2. The first-order valence-electron chi connectivity index (χ1n) is 9.24. The summed E-state index contributed by atoms with van der Waals surface area (Å²) in [7, 11) is 0. The van der Waals surface area contributed by atoms with Crippen LogP contribution in [0.1, 0.15) is 37.8 Å². The van der Waals surface area contributed by atoms with Gasteiger partial charge in [-0.2, -0.15) is 5.26 Å². The van der Waals surface area contributed by atoms with E-state index in [4.69, 9.17) is 14.7 Å². The van der Waals surface area contributed by atoms with Gasteiger partial charge in [0.25, 0.3) is 5.91 Å². The van der Waals surface area contributed by atoms with Crippen LogP contribution in [0.3, 0.4) is 0 Å². The lowest BCUT2D eigenvalue weighted by atomic mass is 10.1. The molecule has 0 aliphatic rings. The first kappa shape index (κ1) is 21.0. The van der Waals surface area contributed by atoms with Gasteiger partial charge in [0.1, 0.15) is 5.75 Å². The van der Waals surface area contributed by atoms with Crippen molar-refractivity contribution in [3.63, 3.8) is 0 Å². The molecule has 0 bridgehead atoms. The lowest BCUT2D eigenvalue weighted by Gasteiger charge is -2.14. The second-order valence-corrected chi connectivity index (χ2v) is 6.35. The number of amides is 1. The number of ether oxygens (including phenoxy) is 2. The molecule has 6 nitrogen and oxygen atoms in total. The third kappa shape index (κ3) is 6.76. The minimum absolute atomic E-state index is 0.391. The predicted octanol–water partition coefficient (Wildman–Crippen LogP) is 3.85. The number of unbranched alkanes of at least 4 members (excludes halogenated alkanes) is 1. The summed E-state index contributed by atoms with van der Waals surface area (Å²) in [5.41, 5.74) is 2.38. The monoisotopic (exact) mass is 380 g/mol. The minimum atomic E-state index is -0.876. The summed E-state index contributed by atoms with van der Waals surface area (Å²) in [6, 6.07) is 16.0. The summed E-state index contributed by atoms with van der Waals surface area (Å²) in [4.78, 5) is 24.0. The lowest BCUT2D eigenvalue weighted by molar-refractivity contribution is -0.153. The number of rotatable bonds is 9. The van der Waals surface area contributed by atoms with Crippen LogP contribution in [0.2, 0.25) is 0 Å². The molecular weight excluding hydrogens is 356 g/mol. The largest absolute Gasteiger partial charge is 0.479 e. The van der Waals surface area contributed by atoms with Gasteiger partial charge in [0, 0.05) is 5.69 Å². The third-order valence-electron chi connectivity index (χ3n) is 4.03. The summed E-state index contributed by atoms with van der Waals surface area (Å²) in [6.07, 6.45) is 2.40. The molecule has 0 heterocycles. The molecule has 2 rings (SSSR count). The number of carbonyl (C=O) groups is 2. The molecule has 6 heteroatoms. The Morgan fingerprint density at radius 3 is 2.39 bits per heavy atom. The van der Waals surface area contributed by atoms with Gasteiger partial charge >= 0.3 is 5.97 Å². The maximum absolute atomic E-state index is 12.0. The maximum atomic E-state index is 12.0.